The van der Waals surface area contributed by atoms with E-state index in [-0.39, 0.29) is 5.78 Å². The third-order valence-electron chi connectivity index (χ3n) is 2.05. The number of Topliss-reactive ketones (excluding diaryl/α,β-unsaturated/α-hetero) is 1. The van der Waals surface area contributed by atoms with Crippen molar-refractivity contribution in [3.05, 3.63) is 18.0 Å². The summed E-state index contributed by atoms with van der Waals surface area (Å²) in [6.07, 6.45) is 2.97. The average molecular weight is 209 g/mol. The van der Waals surface area contributed by atoms with Gasteiger partial charge in [0, 0.05) is 24.7 Å². The molecule has 0 saturated carbocycles. The predicted molar refractivity (Wildman–Crippen MR) is 59.7 cm³/mol. The van der Waals surface area contributed by atoms with E-state index in [1.165, 1.54) is 0 Å². The Labute approximate surface area is 90.5 Å². The molecule has 1 aromatic rings. The Morgan fingerprint density at radius 3 is 2.80 bits per heavy atom. The zero-order valence-corrected chi connectivity index (χ0v) is 9.66. The number of ketones is 1. The van der Waals surface area contributed by atoms with Crippen LogP contribution in [0.25, 0.3) is 0 Å². The number of rotatable bonds is 5. The zero-order valence-electron chi connectivity index (χ0n) is 9.66. The van der Waals surface area contributed by atoms with Crippen LogP contribution in [0.1, 0.15) is 44.1 Å². The molecule has 4 nitrogen and oxygen atoms in total. The topological polar surface area (TPSA) is 60.9 Å². The number of hydrogen-bond donors (Lipinski definition) is 1. The molecule has 1 rings (SSSR count). The lowest BCUT2D eigenvalue weighted by Gasteiger charge is -2.17. The van der Waals surface area contributed by atoms with Gasteiger partial charge in [0.15, 0.2) is 5.78 Å². The van der Waals surface area contributed by atoms with Crippen LogP contribution in [-0.2, 0) is 6.54 Å². The number of carbonyl (C=O) groups excluding carboxylic acids is 1. The maximum Gasteiger partial charge on any atom is 0.182 e. The van der Waals surface area contributed by atoms with E-state index >= 15 is 0 Å². The van der Waals surface area contributed by atoms with Crippen LogP contribution in [-0.4, -0.2) is 21.1 Å². The Bertz CT molecular complexity index is 336. The molecule has 0 aromatic carbocycles. The van der Waals surface area contributed by atoms with E-state index in [4.69, 9.17) is 5.73 Å². The van der Waals surface area contributed by atoms with Crippen LogP contribution >= 0.6 is 0 Å². The molecule has 84 valence electrons. The van der Waals surface area contributed by atoms with Crippen molar-refractivity contribution in [2.75, 3.05) is 0 Å². The van der Waals surface area contributed by atoms with Crippen molar-refractivity contribution >= 4 is 5.78 Å². The second-order valence-electron chi connectivity index (χ2n) is 4.53. The van der Waals surface area contributed by atoms with Gasteiger partial charge in [0.25, 0.3) is 0 Å². The van der Waals surface area contributed by atoms with E-state index < -0.39 is 5.54 Å². The normalized spacial score (nSPS) is 11.7. The molecule has 0 aliphatic carbocycles. The van der Waals surface area contributed by atoms with Crippen LogP contribution in [0.4, 0.5) is 0 Å². The number of hydrogen-bond acceptors (Lipinski definition) is 3. The molecular weight excluding hydrogens is 190 g/mol. The van der Waals surface area contributed by atoms with Gasteiger partial charge in [0.1, 0.15) is 5.69 Å². The van der Waals surface area contributed by atoms with Crippen LogP contribution in [0.15, 0.2) is 12.3 Å². The Morgan fingerprint density at radius 1 is 1.60 bits per heavy atom. The molecule has 0 unspecified atom stereocenters. The lowest BCUT2D eigenvalue weighted by Crippen LogP contribution is -2.35. The molecule has 0 bridgehead atoms. The molecule has 0 spiro atoms. The first-order chi connectivity index (χ1) is 6.94. The van der Waals surface area contributed by atoms with E-state index in [9.17, 15) is 4.79 Å². The van der Waals surface area contributed by atoms with Gasteiger partial charge in [0.05, 0.1) is 0 Å². The third-order valence-corrected chi connectivity index (χ3v) is 2.05. The second kappa shape index (κ2) is 4.57. The fraction of sp³-hybridized carbons (Fsp3) is 0.636. The standard InChI is InChI=1S/C11H19N3O/c1-4-7-14-9(5-6-13-14)10(15)8-11(2,3)12/h5-6H,4,7-8,12H2,1-3H3. The smallest absolute Gasteiger partial charge is 0.182 e. The summed E-state index contributed by atoms with van der Waals surface area (Å²) < 4.78 is 1.74. The summed E-state index contributed by atoms with van der Waals surface area (Å²) in [7, 11) is 0. The minimum Gasteiger partial charge on any atom is -0.325 e. The minimum absolute atomic E-state index is 0.0634. The van der Waals surface area contributed by atoms with Crippen LogP contribution in [0, 0.1) is 0 Å². The molecule has 0 aliphatic rings. The highest BCUT2D eigenvalue weighted by Gasteiger charge is 2.20. The number of carbonyl (C=O) groups is 1. The summed E-state index contributed by atoms with van der Waals surface area (Å²) in [4.78, 5) is 11.9. The third kappa shape index (κ3) is 3.47. The molecule has 15 heavy (non-hydrogen) atoms. The van der Waals surface area contributed by atoms with Gasteiger partial charge in [-0.05, 0) is 26.3 Å². The molecule has 4 heteroatoms. The lowest BCUT2D eigenvalue weighted by atomic mass is 9.98. The number of aromatic nitrogens is 2. The summed E-state index contributed by atoms with van der Waals surface area (Å²) in [6.45, 7) is 6.54. The average Bonchev–Trinajstić information content (AvgIpc) is 2.49. The summed E-state index contributed by atoms with van der Waals surface area (Å²) in [6, 6.07) is 1.75. The molecule has 0 amide bonds. The zero-order chi connectivity index (χ0) is 11.5. The first kappa shape index (κ1) is 11.9. The highest BCUT2D eigenvalue weighted by atomic mass is 16.1. The quantitative estimate of drug-likeness (QED) is 0.749. The Kier molecular flexibility index (Phi) is 3.63. The highest BCUT2D eigenvalue weighted by molar-refractivity contribution is 5.95. The van der Waals surface area contributed by atoms with Crippen molar-refractivity contribution in [2.24, 2.45) is 5.73 Å². The Hall–Kier alpha value is -1.16. The van der Waals surface area contributed by atoms with Gasteiger partial charge in [-0.3, -0.25) is 9.48 Å². The maximum atomic E-state index is 11.9. The van der Waals surface area contributed by atoms with Crippen molar-refractivity contribution < 1.29 is 4.79 Å². The molecule has 2 N–H and O–H groups in total. The molecule has 0 fully saturated rings. The van der Waals surface area contributed by atoms with E-state index in [1.807, 2.05) is 13.8 Å². The van der Waals surface area contributed by atoms with Gasteiger partial charge in [-0.1, -0.05) is 6.92 Å². The van der Waals surface area contributed by atoms with Crippen molar-refractivity contribution in [1.29, 1.82) is 0 Å². The number of aryl methyl sites for hydroxylation is 1. The van der Waals surface area contributed by atoms with Crippen molar-refractivity contribution in [1.82, 2.24) is 9.78 Å². The molecule has 0 saturated heterocycles. The van der Waals surface area contributed by atoms with Crippen molar-refractivity contribution in [3.63, 3.8) is 0 Å². The number of nitrogens with two attached hydrogens (primary N) is 1. The van der Waals surface area contributed by atoms with Crippen LogP contribution in [0.5, 0.6) is 0 Å². The van der Waals surface area contributed by atoms with E-state index in [2.05, 4.69) is 12.0 Å². The minimum atomic E-state index is -0.460. The Morgan fingerprint density at radius 2 is 2.27 bits per heavy atom. The van der Waals surface area contributed by atoms with Gasteiger partial charge in [0.2, 0.25) is 0 Å². The van der Waals surface area contributed by atoms with Gasteiger partial charge in [-0.25, -0.2) is 0 Å². The van der Waals surface area contributed by atoms with E-state index in [0.29, 0.717) is 12.1 Å². The van der Waals surface area contributed by atoms with Gasteiger partial charge >= 0.3 is 0 Å². The molecule has 0 aliphatic heterocycles. The fourth-order valence-electron chi connectivity index (χ4n) is 1.46. The summed E-state index contributed by atoms with van der Waals surface area (Å²) >= 11 is 0. The molecule has 0 radical (unpaired) electrons. The van der Waals surface area contributed by atoms with Gasteiger partial charge in [-0.15, -0.1) is 0 Å². The van der Waals surface area contributed by atoms with Crippen molar-refractivity contribution in [3.8, 4) is 0 Å². The summed E-state index contributed by atoms with van der Waals surface area (Å²) in [5.74, 6) is 0.0634. The summed E-state index contributed by atoms with van der Waals surface area (Å²) in [5, 5.41) is 4.11. The first-order valence-electron chi connectivity index (χ1n) is 5.28. The molecule has 1 heterocycles. The largest absolute Gasteiger partial charge is 0.325 e. The SMILES string of the molecule is CCCn1nccc1C(=O)CC(C)(C)N. The summed E-state index contributed by atoms with van der Waals surface area (Å²) in [5.41, 5.74) is 6.02. The highest BCUT2D eigenvalue weighted by Crippen LogP contribution is 2.11. The predicted octanol–water partition coefficient (Wildman–Crippen LogP) is 1.60. The molecule has 0 atom stereocenters. The lowest BCUT2D eigenvalue weighted by molar-refractivity contribution is 0.0949. The van der Waals surface area contributed by atoms with Crippen LogP contribution in [0.2, 0.25) is 0 Å². The molecule has 1 aromatic heterocycles. The van der Waals surface area contributed by atoms with Crippen LogP contribution < -0.4 is 5.73 Å². The van der Waals surface area contributed by atoms with Gasteiger partial charge in [-0.2, -0.15) is 5.10 Å². The second-order valence-corrected chi connectivity index (χ2v) is 4.53. The Balaban J connectivity index is 2.77. The maximum absolute atomic E-state index is 11.9. The van der Waals surface area contributed by atoms with Gasteiger partial charge < -0.3 is 5.73 Å². The number of nitrogens with zero attached hydrogens (tertiary/aromatic N) is 2. The van der Waals surface area contributed by atoms with E-state index in [1.54, 1.807) is 16.9 Å². The van der Waals surface area contributed by atoms with E-state index in [0.717, 1.165) is 13.0 Å². The van der Waals surface area contributed by atoms with Crippen LogP contribution in [0.3, 0.4) is 0 Å². The monoisotopic (exact) mass is 209 g/mol. The molecular formula is C11H19N3O. The van der Waals surface area contributed by atoms with Crippen molar-refractivity contribution in [2.45, 2.75) is 45.7 Å². The first-order valence-corrected chi connectivity index (χ1v) is 5.28. The fourth-order valence-corrected chi connectivity index (χ4v) is 1.46.